The highest BCUT2D eigenvalue weighted by atomic mass is 16.5. The predicted molar refractivity (Wildman–Crippen MR) is 81.8 cm³/mol. The maximum atomic E-state index is 11.0. The van der Waals surface area contributed by atoms with Gasteiger partial charge in [-0.25, -0.2) is 4.79 Å². The largest absolute Gasteiger partial charge is 0.478 e. The van der Waals surface area contributed by atoms with Crippen molar-refractivity contribution >= 4 is 22.4 Å². The molecule has 0 aromatic heterocycles. The monoisotopic (exact) mass is 279 g/mol. The number of carbonyl (C=O) groups is 1. The zero-order valence-corrected chi connectivity index (χ0v) is 11.1. The fraction of sp³-hybridized carbons (Fsp3) is 0. The molecule has 21 heavy (non-hydrogen) atoms. The van der Waals surface area contributed by atoms with E-state index in [1.54, 1.807) is 0 Å². The molecule has 0 aliphatic heterocycles. The number of carboxylic acids is 1. The normalized spacial score (nSPS) is 10.5. The lowest BCUT2D eigenvalue weighted by Gasteiger charge is -2.10. The van der Waals surface area contributed by atoms with Gasteiger partial charge in [0.1, 0.15) is 5.75 Å². The van der Waals surface area contributed by atoms with Crippen LogP contribution in [0.1, 0.15) is 10.4 Å². The lowest BCUT2D eigenvalue weighted by molar-refractivity contribution is 0.0696. The van der Waals surface area contributed by atoms with E-state index >= 15 is 0 Å². The topological polar surface area (TPSA) is 72.6 Å². The smallest absolute Gasteiger partial charge is 0.335 e. The van der Waals surface area contributed by atoms with Gasteiger partial charge in [0.15, 0.2) is 5.75 Å². The van der Waals surface area contributed by atoms with Crippen LogP contribution in [0.2, 0.25) is 0 Å². The van der Waals surface area contributed by atoms with Crippen LogP contribution >= 0.6 is 0 Å². The summed E-state index contributed by atoms with van der Waals surface area (Å²) in [5, 5.41) is 11.2. The van der Waals surface area contributed by atoms with Gasteiger partial charge in [0, 0.05) is 0 Å². The average Bonchev–Trinajstić information content (AvgIpc) is 2.49. The first-order valence-electron chi connectivity index (χ1n) is 6.43. The van der Waals surface area contributed by atoms with Crippen LogP contribution in [-0.2, 0) is 0 Å². The summed E-state index contributed by atoms with van der Waals surface area (Å²) in [4.78, 5) is 11.0. The fourth-order valence-corrected chi connectivity index (χ4v) is 2.11. The number of ether oxygens (including phenoxy) is 1. The van der Waals surface area contributed by atoms with Crippen molar-refractivity contribution in [3.8, 4) is 11.5 Å². The minimum atomic E-state index is -1.02. The van der Waals surface area contributed by atoms with Crippen LogP contribution in [-0.4, -0.2) is 11.1 Å². The Morgan fingerprint density at radius 1 is 0.952 bits per heavy atom. The Hall–Kier alpha value is -3.01. The van der Waals surface area contributed by atoms with Crippen molar-refractivity contribution in [2.45, 2.75) is 0 Å². The van der Waals surface area contributed by atoms with Gasteiger partial charge in [-0.15, -0.1) is 0 Å². The zero-order chi connectivity index (χ0) is 14.8. The molecule has 0 aliphatic carbocycles. The molecule has 4 nitrogen and oxygen atoms in total. The van der Waals surface area contributed by atoms with Gasteiger partial charge in [-0.2, -0.15) is 0 Å². The molecule has 0 spiro atoms. The molecule has 0 bridgehead atoms. The van der Waals surface area contributed by atoms with Crippen LogP contribution in [0.4, 0.5) is 5.69 Å². The number of anilines is 1. The Morgan fingerprint density at radius 3 is 2.48 bits per heavy atom. The lowest BCUT2D eigenvalue weighted by Crippen LogP contribution is -1.99. The number of nitrogen functional groups attached to an aromatic ring is 1. The fourth-order valence-electron chi connectivity index (χ4n) is 2.11. The first-order valence-corrected chi connectivity index (χ1v) is 6.43. The van der Waals surface area contributed by atoms with E-state index in [1.807, 2.05) is 42.5 Å². The summed E-state index contributed by atoms with van der Waals surface area (Å²) < 4.78 is 5.72. The molecule has 0 amide bonds. The average molecular weight is 279 g/mol. The van der Waals surface area contributed by atoms with Crippen molar-refractivity contribution in [2.75, 3.05) is 5.73 Å². The molecule has 104 valence electrons. The van der Waals surface area contributed by atoms with Crippen LogP contribution in [0.5, 0.6) is 11.5 Å². The highest BCUT2D eigenvalue weighted by Crippen LogP contribution is 2.30. The molecule has 0 aliphatic rings. The van der Waals surface area contributed by atoms with Crippen LogP contribution in [0.3, 0.4) is 0 Å². The summed E-state index contributed by atoms with van der Waals surface area (Å²) in [5.41, 5.74) is 6.37. The number of nitrogens with two attached hydrogens (primary N) is 1. The van der Waals surface area contributed by atoms with E-state index in [0.29, 0.717) is 17.2 Å². The van der Waals surface area contributed by atoms with Gasteiger partial charge in [-0.05, 0) is 41.1 Å². The molecule has 0 atom stereocenters. The van der Waals surface area contributed by atoms with Crippen molar-refractivity contribution in [1.82, 2.24) is 0 Å². The van der Waals surface area contributed by atoms with Gasteiger partial charge >= 0.3 is 5.97 Å². The second-order valence-corrected chi connectivity index (χ2v) is 4.67. The van der Waals surface area contributed by atoms with Gasteiger partial charge < -0.3 is 15.6 Å². The van der Waals surface area contributed by atoms with Crippen LogP contribution < -0.4 is 10.5 Å². The highest BCUT2D eigenvalue weighted by Gasteiger charge is 2.09. The highest BCUT2D eigenvalue weighted by molar-refractivity contribution is 5.89. The predicted octanol–water partition coefficient (Wildman–Crippen LogP) is 3.91. The van der Waals surface area contributed by atoms with Gasteiger partial charge in [0.05, 0.1) is 11.3 Å². The van der Waals surface area contributed by atoms with Crippen molar-refractivity contribution in [3.63, 3.8) is 0 Å². The van der Waals surface area contributed by atoms with Crippen molar-refractivity contribution in [3.05, 3.63) is 66.2 Å². The maximum Gasteiger partial charge on any atom is 0.335 e. The summed E-state index contributed by atoms with van der Waals surface area (Å²) in [6.45, 7) is 0. The molecule has 3 rings (SSSR count). The van der Waals surface area contributed by atoms with E-state index in [-0.39, 0.29) is 5.56 Å². The SMILES string of the molecule is Nc1ccc(C(=O)O)cc1Oc1ccc2ccccc2c1. The molecule has 0 heterocycles. The van der Waals surface area contributed by atoms with Crippen molar-refractivity contribution in [2.24, 2.45) is 0 Å². The number of hydrogen-bond donors (Lipinski definition) is 2. The molecular formula is C17H13NO3. The molecule has 0 fully saturated rings. The number of aromatic carboxylic acids is 1. The lowest BCUT2D eigenvalue weighted by atomic mass is 10.1. The van der Waals surface area contributed by atoms with E-state index in [4.69, 9.17) is 15.6 Å². The summed E-state index contributed by atoms with van der Waals surface area (Å²) in [7, 11) is 0. The zero-order valence-electron chi connectivity index (χ0n) is 11.1. The summed E-state index contributed by atoms with van der Waals surface area (Å²) >= 11 is 0. The standard InChI is InChI=1S/C17H13NO3/c18-15-8-6-13(17(19)20)10-16(15)21-14-7-5-11-3-1-2-4-12(11)9-14/h1-10H,18H2,(H,19,20). The molecule has 4 heteroatoms. The molecule has 3 aromatic carbocycles. The summed E-state index contributed by atoms with van der Waals surface area (Å²) in [5.74, 6) is -0.0634. The number of hydrogen-bond acceptors (Lipinski definition) is 3. The Bertz CT molecular complexity index is 827. The van der Waals surface area contributed by atoms with Crippen LogP contribution in [0.25, 0.3) is 10.8 Å². The number of carboxylic acid groups (broad SMARTS) is 1. The molecule has 0 unspecified atom stereocenters. The Kier molecular flexibility index (Phi) is 3.20. The molecular weight excluding hydrogens is 266 g/mol. The molecule has 3 aromatic rings. The van der Waals surface area contributed by atoms with Gasteiger partial charge in [-0.1, -0.05) is 30.3 Å². The van der Waals surface area contributed by atoms with Crippen molar-refractivity contribution < 1.29 is 14.6 Å². The van der Waals surface area contributed by atoms with Gasteiger partial charge in [-0.3, -0.25) is 0 Å². The summed E-state index contributed by atoms with van der Waals surface area (Å²) in [6, 6.07) is 18.0. The third-order valence-electron chi connectivity index (χ3n) is 3.21. The van der Waals surface area contributed by atoms with E-state index in [9.17, 15) is 4.79 Å². The summed E-state index contributed by atoms with van der Waals surface area (Å²) in [6.07, 6.45) is 0. The first kappa shape index (κ1) is 13.0. The third-order valence-corrected chi connectivity index (χ3v) is 3.21. The maximum absolute atomic E-state index is 11.0. The second-order valence-electron chi connectivity index (χ2n) is 4.67. The van der Waals surface area contributed by atoms with Crippen LogP contribution in [0, 0.1) is 0 Å². The Balaban J connectivity index is 1.98. The van der Waals surface area contributed by atoms with E-state index in [1.165, 1.54) is 18.2 Å². The molecule has 0 radical (unpaired) electrons. The quantitative estimate of drug-likeness (QED) is 0.713. The van der Waals surface area contributed by atoms with Gasteiger partial charge in [0.2, 0.25) is 0 Å². The third kappa shape index (κ3) is 2.65. The number of fused-ring (bicyclic) bond motifs is 1. The Labute approximate surface area is 121 Å². The molecule has 0 saturated carbocycles. The van der Waals surface area contributed by atoms with E-state index < -0.39 is 5.97 Å². The van der Waals surface area contributed by atoms with Gasteiger partial charge in [0.25, 0.3) is 0 Å². The second kappa shape index (κ2) is 5.17. The minimum absolute atomic E-state index is 0.139. The van der Waals surface area contributed by atoms with Crippen molar-refractivity contribution in [1.29, 1.82) is 0 Å². The first-order chi connectivity index (χ1) is 10.1. The minimum Gasteiger partial charge on any atom is -0.478 e. The van der Waals surface area contributed by atoms with E-state index in [0.717, 1.165) is 10.8 Å². The number of rotatable bonds is 3. The molecule has 0 saturated heterocycles. The van der Waals surface area contributed by atoms with Crippen LogP contribution in [0.15, 0.2) is 60.7 Å². The van der Waals surface area contributed by atoms with E-state index in [2.05, 4.69) is 0 Å². The molecule has 3 N–H and O–H groups in total. The Morgan fingerprint density at radius 2 is 1.71 bits per heavy atom. The number of benzene rings is 3.